The molecule has 1 atom stereocenters. The van der Waals surface area contributed by atoms with Gasteiger partial charge in [-0.1, -0.05) is 45.4 Å². The molecule has 3 heteroatoms. The summed E-state index contributed by atoms with van der Waals surface area (Å²) in [7, 11) is -1.55. The molecule has 1 aliphatic rings. The summed E-state index contributed by atoms with van der Waals surface area (Å²) < 4.78 is 6.83. The Morgan fingerprint density at radius 3 is 2.47 bits per heavy atom. The minimum Gasteiger partial charge on any atom is -0.407 e. The van der Waals surface area contributed by atoms with Crippen LogP contribution in [0.5, 0.6) is 0 Å². The lowest BCUT2D eigenvalue weighted by Gasteiger charge is -2.47. The molecule has 2 nitrogen and oxygen atoms in total. The average molecular weight is 277 g/mol. The summed E-state index contributed by atoms with van der Waals surface area (Å²) in [5.41, 5.74) is 8.20. The van der Waals surface area contributed by atoms with E-state index in [1.807, 2.05) is 12.1 Å². The molecule has 106 valence electrons. The summed E-state index contributed by atoms with van der Waals surface area (Å²) in [5.74, 6) is 0. The van der Waals surface area contributed by atoms with Crippen molar-refractivity contribution >= 4 is 14.0 Å². The van der Waals surface area contributed by atoms with Crippen molar-refractivity contribution in [3.63, 3.8) is 0 Å². The molecular formula is C16H27NOSi. The zero-order valence-electron chi connectivity index (χ0n) is 12.5. The predicted octanol–water partition coefficient (Wildman–Crippen LogP) is 4.67. The fraction of sp³-hybridized carbons (Fsp3) is 0.625. The van der Waals surface area contributed by atoms with Crippen molar-refractivity contribution in [1.29, 1.82) is 0 Å². The third-order valence-corrected chi connectivity index (χ3v) is 9.60. The van der Waals surface area contributed by atoms with Gasteiger partial charge in [0.05, 0.1) is 5.60 Å². The number of para-hydroxylation sites is 1. The fourth-order valence-corrected chi connectivity index (χ4v) is 7.11. The highest BCUT2D eigenvalue weighted by Crippen LogP contribution is 2.47. The summed E-state index contributed by atoms with van der Waals surface area (Å²) in [4.78, 5) is 0. The summed E-state index contributed by atoms with van der Waals surface area (Å²) >= 11 is 0. The summed E-state index contributed by atoms with van der Waals surface area (Å²) in [6.07, 6.45) is 3.43. The molecule has 1 aromatic carbocycles. The van der Waals surface area contributed by atoms with E-state index in [1.165, 1.54) is 30.1 Å². The number of hydrogen-bond donors (Lipinski definition) is 1. The zero-order chi connectivity index (χ0) is 13.9. The van der Waals surface area contributed by atoms with E-state index in [2.05, 4.69) is 32.9 Å². The molecule has 2 rings (SSSR count). The molecule has 1 aromatic rings. The van der Waals surface area contributed by atoms with Crippen molar-refractivity contribution in [1.82, 2.24) is 0 Å². The molecule has 0 aromatic heterocycles. The van der Waals surface area contributed by atoms with Crippen LogP contribution < -0.4 is 5.73 Å². The van der Waals surface area contributed by atoms with E-state index in [9.17, 15) is 0 Å². The van der Waals surface area contributed by atoms with Gasteiger partial charge in [-0.05, 0) is 37.0 Å². The highest BCUT2D eigenvalue weighted by Gasteiger charge is 2.46. The average Bonchev–Trinajstić information content (AvgIpc) is 2.47. The maximum absolute atomic E-state index is 6.83. The van der Waals surface area contributed by atoms with Crippen LogP contribution in [0.4, 0.5) is 5.69 Å². The van der Waals surface area contributed by atoms with Crippen LogP contribution >= 0.6 is 0 Å². The highest BCUT2D eigenvalue weighted by atomic mass is 28.4. The van der Waals surface area contributed by atoms with Crippen LogP contribution in [0.25, 0.3) is 0 Å². The van der Waals surface area contributed by atoms with E-state index in [0.717, 1.165) is 18.5 Å². The van der Waals surface area contributed by atoms with Gasteiger partial charge in [-0.15, -0.1) is 0 Å². The summed E-state index contributed by atoms with van der Waals surface area (Å²) in [5, 5.41) is 0. The Morgan fingerprint density at radius 1 is 1.21 bits per heavy atom. The van der Waals surface area contributed by atoms with E-state index in [1.54, 1.807) is 0 Å². The van der Waals surface area contributed by atoms with Crippen molar-refractivity contribution in [2.45, 2.75) is 63.8 Å². The fourth-order valence-electron chi connectivity index (χ4n) is 3.50. The number of hydrogen-bond acceptors (Lipinski definition) is 2. The quantitative estimate of drug-likeness (QED) is 0.641. The van der Waals surface area contributed by atoms with Gasteiger partial charge in [0.15, 0.2) is 8.32 Å². The third-order valence-electron chi connectivity index (χ3n) is 4.94. The lowest BCUT2D eigenvalue weighted by molar-refractivity contribution is 0.0239. The first kappa shape index (κ1) is 14.6. The van der Waals surface area contributed by atoms with Gasteiger partial charge in [0.1, 0.15) is 0 Å². The second-order valence-corrected chi connectivity index (χ2v) is 10.3. The SMILES string of the molecule is CCC1(c2ccccc2N)CCC[Si](CC)(CC)O1. The van der Waals surface area contributed by atoms with E-state index in [0.29, 0.717) is 0 Å². The van der Waals surface area contributed by atoms with Gasteiger partial charge in [-0.2, -0.15) is 0 Å². The maximum atomic E-state index is 6.83. The maximum Gasteiger partial charge on any atom is 0.193 e. The Hall–Kier alpha value is -0.803. The first-order chi connectivity index (χ1) is 9.11. The topological polar surface area (TPSA) is 35.2 Å². The monoisotopic (exact) mass is 277 g/mol. The van der Waals surface area contributed by atoms with E-state index >= 15 is 0 Å². The smallest absolute Gasteiger partial charge is 0.193 e. The molecule has 0 amide bonds. The number of anilines is 1. The first-order valence-electron chi connectivity index (χ1n) is 7.66. The largest absolute Gasteiger partial charge is 0.407 e. The Balaban J connectivity index is 2.40. The molecule has 1 fully saturated rings. The second kappa shape index (κ2) is 5.67. The van der Waals surface area contributed by atoms with Crippen LogP contribution in [-0.2, 0) is 10.0 Å². The molecule has 0 spiro atoms. The van der Waals surface area contributed by atoms with E-state index < -0.39 is 8.32 Å². The first-order valence-corrected chi connectivity index (χ1v) is 10.2. The molecule has 0 bridgehead atoms. The zero-order valence-corrected chi connectivity index (χ0v) is 13.5. The van der Waals surface area contributed by atoms with Crippen molar-refractivity contribution in [3.05, 3.63) is 29.8 Å². The van der Waals surface area contributed by atoms with Crippen molar-refractivity contribution < 1.29 is 4.43 Å². The molecule has 0 aliphatic carbocycles. The predicted molar refractivity (Wildman–Crippen MR) is 84.7 cm³/mol. The molecule has 1 aliphatic heterocycles. The van der Waals surface area contributed by atoms with Crippen LogP contribution in [0.1, 0.15) is 45.6 Å². The molecule has 0 saturated carbocycles. The summed E-state index contributed by atoms with van der Waals surface area (Å²) in [6.45, 7) is 6.84. The van der Waals surface area contributed by atoms with Gasteiger partial charge in [0, 0.05) is 11.3 Å². The minimum atomic E-state index is -1.55. The minimum absolute atomic E-state index is 0.123. The molecule has 1 saturated heterocycles. The number of benzene rings is 1. The number of nitrogen functional groups attached to an aromatic ring is 1. The molecule has 2 N–H and O–H groups in total. The van der Waals surface area contributed by atoms with Gasteiger partial charge < -0.3 is 10.2 Å². The van der Waals surface area contributed by atoms with Crippen molar-refractivity contribution in [2.75, 3.05) is 5.73 Å². The van der Waals surface area contributed by atoms with Crippen molar-refractivity contribution in [2.24, 2.45) is 0 Å². The number of nitrogens with two attached hydrogens (primary N) is 1. The van der Waals surface area contributed by atoms with Gasteiger partial charge in [-0.3, -0.25) is 0 Å². The molecule has 19 heavy (non-hydrogen) atoms. The lowest BCUT2D eigenvalue weighted by Crippen LogP contribution is -2.49. The third kappa shape index (κ3) is 2.58. The summed E-state index contributed by atoms with van der Waals surface area (Å²) in [6, 6.07) is 12.0. The van der Waals surface area contributed by atoms with E-state index in [-0.39, 0.29) is 5.60 Å². The number of rotatable bonds is 4. The highest BCUT2D eigenvalue weighted by molar-refractivity contribution is 6.73. The van der Waals surface area contributed by atoms with Crippen LogP contribution in [0, 0.1) is 0 Å². The normalized spacial score (nSPS) is 26.3. The van der Waals surface area contributed by atoms with Crippen molar-refractivity contribution in [3.8, 4) is 0 Å². The van der Waals surface area contributed by atoms with Gasteiger partial charge in [0.25, 0.3) is 0 Å². The van der Waals surface area contributed by atoms with Crippen LogP contribution in [-0.4, -0.2) is 8.32 Å². The molecule has 1 heterocycles. The van der Waals surface area contributed by atoms with Crippen LogP contribution in [0.2, 0.25) is 18.1 Å². The lowest BCUT2D eigenvalue weighted by atomic mass is 9.86. The molecule has 1 unspecified atom stereocenters. The van der Waals surface area contributed by atoms with Crippen LogP contribution in [0.3, 0.4) is 0 Å². The standard InChI is InChI=1S/C16H27NOSi/c1-4-16(14-10-7-8-11-15(14)17)12-9-13-19(5-2,6-3)18-16/h7-8,10-11H,4-6,9,12-13,17H2,1-3H3. The Kier molecular flexibility index (Phi) is 4.36. The van der Waals surface area contributed by atoms with Gasteiger partial charge >= 0.3 is 0 Å². The second-order valence-electron chi connectivity index (χ2n) is 5.78. The Morgan fingerprint density at radius 2 is 1.89 bits per heavy atom. The van der Waals surface area contributed by atoms with Gasteiger partial charge in [0.2, 0.25) is 0 Å². The molecule has 0 radical (unpaired) electrons. The Bertz CT molecular complexity index is 431. The van der Waals surface area contributed by atoms with Crippen LogP contribution in [0.15, 0.2) is 24.3 Å². The van der Waals surface area contributed by atoms with E-state index in [4.69, 9.17) is 10.2 Å². The van der Waals surface area contributed by atoms with Gasteiger partial charge in [-0.25, -0.2) is 0 Å². The molecular weight excluding hydrogens is 250 g/mol. The Labute approximate surface area is 118 Å².